The third kappa shape index (κ3) is 5.71. The summed E-state index contributed by atoms with van der Waals surface area (Å²) >= 11 is 0. The third-order valence-corrected chi connectivity index (χ3v) is 4.93. The van der Waals surface area contributed by atoms with Crippen molar-refractivity contribution in [3.63, 3.8) is 0 Å². The highest BCUT2D eigenvalue weighted by molar-refractivity contribution is 5.82. The fraction of sp³-hybridized carbons (Fsp3) is 0.579. The number of amides is 2. The Kier molecular flexibility index (Phi) is 6.38. The summed E-state index contributed by atoms with van der Waals surface area (Å²) in [6.45, 7) is 1.91. The lowest BCUT2D eigenvalue weighted by Gasteiger charge is -2.37. The van der Waals surface area contributed by atoms with Gasteiger partial charge in [0.1, 0.15) is 6.10 Å². The second kappa shape index (κ2) is 8.75. The second-order valence-electron chi connectivity index (χ2n) is 7.04. The number of morpholine rings is 1. The van der Waals surface area contributed by atoms with E-state index in [9.17, 15) is 18.4 Å². The van der Waals surface area contributed by atoms with Crippen molar-refractivity contribution in [2.75, 3.05) is 39.3 Å². The number of nitrogens with zero attached hydrogens (tertiary/aromatic N) is 2. The summed E-state index contributed by atoms with van der Waals surface area (Å²) in [7, 11) is 0. The smallest absolute Gasteiger partial charge is 0.253 e. The molecule has 1 atom stereocenters. The molecule has 2 aliphatic heterocycles. The maximum atomic E-state index is 13.3. The maximum Gasteiger partial charge on any atom is 0.253 e. The summed E-state index contributed by atoms with van der Waals surface area (Å²) in [5, 5.41) is 2.86. The summed E-state index contributed by atoms with van der Waals surface area (Å²) in [4.78, 5) is 28.0. The average molecular weight is 381 g/mol. The zero-order valence-electron chi connectivity index (χ0n) is 15.2. The Morgan fingerprint density at radius 1 is 1.15 bits per heavy atom. The van der Waals surface area contributed by atoms with Gasteiger partial charge in [-0.2, -0.15) is 0 Å². The van der Waals surface area contributed by atoms with E-state index >= 15 is 0 Å². The van der Waals surface area contributed by atoms with Crippen LogP contribution in [0.5, 0.6) is 0 Å². The van der Waals surface area contributed by atoms with Crippen molar-refractivity contribution in [3.8, 4) is 0 Å². The molecule has 1 N–H and O–H groups in total. The van der Waals surface area contributed by atoms with Crippen LogP contribution >= 0.6 is 0 Å². The number of carbonyl (C=O) groups is 2. The number of halogens is 2. The number of nitrogens with one attached hydrogen (secondary N) is 1. The third-order valence-electron chi connectivity index (χ3n) is 4.93. The Morgan fingerprint density at radius 2 is 1.85 bits per heavy atom. The van der Waals surface area contributed by atoms with Gasteiger partial charge in [-0.1, -0.05) is 30.3 Å². The molecule has 8 heteroatoms. The molecule has 0 bridgehead atoms. The lowest BCUT2D eigenvalue weighted by atomic mass is 10.1. The van der Waals surface area contributed by atoms with Crippen molar-refractivity contribution in [1.82, 2.24) is 15.1 Å². The minimum Gasteiger partial charge on any atom is -0.366 e. The Hall–Kier alpha value is -2.06. The minimum atomic E-state index is -2.69. The molecule has 0 aromatic heterocycles. The van der Waals surface area contributed by atoms with Gasteiger partial charge in [-0.05, 0) is 5.56 Å². The van der Waals surface area contributed by atoms with Crippen molar-refractivity contribution < 1.29 is 23.1 Å². The highest BCUT2D eigenvalue weighted by Gasteiger charge is 2.38. The molecule has 2 fully saturated rings. The molecule has 2 heterocycles. The van der Waals surface area contributed by atoms with E-state index in [0.717, 1.165) is 5.56 Å². The SMILES string of the molecule is O=C(CN1CCOC(C(=O)N2CCC(F)(F)CC2)C1)NCc1ccccc1. The molecule has 0 radical (unpaired) electrons. The Bertz CT molecular complexity index is 647. The Balaban J connectivity index is 1.44. The molecular formula is C19H25F2N3O3. The fourth-order valence-corrected chi connectivity index (χ4v) is 3.31. The number of hydrogen-bond donors (Lipinski definition) is 1. The van der Waals surface area contributed by atoms with Crippen LogP contribution in [0.15, 0.2) is 30.3 Å². The first-order valence-electron chi connectivity index (χ1n) is 9.24. The summed E-state index contributed by atoms with van der Waals surface area (Å²) in [5.74, 6) is -3.07. The zero-order valence-corrected chi connectivity index (χ0v) is 15.2. The van der Waals surface area contributed by atoms with Gasteiger partial charge in [-0.15, -0.1) is 0 Å². The van der Waals surface area contributed by atoms with Crippen LogP contribution in [0.4, 0.5) is 8.78 Å². The van der Waals surface area contributed by atoms with Crippen LogP contribution in [0, 0.1) is 0 Å². The van der Waals surface area contributed by atoms with E-state index in [1.807, 2.05) is 35.2 Å². The van der Waals surface area contributed by atoms with Crippen molar-refractivity contribution in [2.24, 2.45) is 0 Å². The van der Waals surface area contributed by atoms with Gasteiger partial charge in [0.15, 0.2) is 0 Å². The molecule has 2 aliphatic rings. The zero-order chi connectivity index (χ0) is 19.3. The normalized spacial score (nSPS) is 23.0. The van der Waals surface area contributed by atoms with E-state index in [0.29, 0.717) is 26.2 Å². The molecule has 1 aromatic carbocycles. The monoisotopic (exact) mass is 381 g/mol. The van der Waals surface area contributed by atoms with Crippen molar-refractivity contribution in [3.05, 3.63) is 35.9 Å². The summed E-state index contributed by atoms with van der Waals surface area (Å²) in [6, 6.07) is 9.61. The minimum absolute atomic E-state index is 0.0449. The number of rotatable bonds is 5. The van der Waals surface area contributed by atoms with Gasteiger partial charge in [0.25, 0.3) is 11.8 Å². The van der Waals surface area contributed by atoms with Crippen LogP contribution in [-0.2, 0) is 20.9 Å². The largest absolute Gasteiger partial charge is 0.366 e. The van der Waals surface area contributed by atoms with Crippen molar-refractivity contribution in [2.45, 2.75) is 31.4 Å². The van der Waals surface area contributed by atoms with Gasteiger partial charge < -0.3 is 15.0 Å². The lowest BCUT2D eigenvalue weighted by Crippen LogP contribution is -2.54. The standard InChI is InChI=1S/C19H25F2N3O3/c20-19(21)6-8-24(9-7-19)18(26)16-13-23(10-11-27-16)14-17(25)22-12-15-4-2-1-3-5-15/h1-5,16H,6-14H2,(H,22,25). The van der Waals surface area contributed by atoms with Crippen LogP contribution in [0.1, 0.15) is 18.4 Å². The van der Waals surface area contributed by atoms with E-state index in [1.165, 1.54) is 4.90 Å². The number of likely N-dealkylation sites (tertiary alicyclic amines) is 1. The molecule has 0 spiro atoms. The predicted molar refractivity (Wildman–Crippen MR) is 95.2 cm³/mol. The molecule has 148 valence electrons. The molecule has 2 saturated heterocycles. The first-order chi connectivity index (χ1) is 12.9. The average Bonchev–Trinajstić information content (AvgIpc) is 2.67. The summed E-state index contributed by atoms with van der Waals surface area (Å²) in [5.41, 5.74) is 1.02. The van der Waals surface area contributed by atoms with Crippen LogP contribution < -0.4 is 5.32 Å². The van der Waals surface area contributed by atoms with Gasteiger partial charge in [0.2, 0.25) is 5.91 Å². The highest BCUT2D eigenvalue weighted by atomic mass is 19.3. The van der Waals surface area contributed by atoms with Gasteiger partial charge in [0.05, 0.1) is 13.2 Å². The molecule has 27 heavy (non-hydrogen) atoms. The van der Waals surface area contributed by atoms with Crippen LogP contribution in [-0.4, -0.2) is 73.0 Å². The predicted octanol–water partition coefficient (Wildman–Crippen LogP) is 1.26. The molecule has 2 amide bonds. The van der Waals surface area contributed by atoms with E-state index in [4.69, 9.17) is 4.74 Å². The molecule has 1 unspecified atom stereocenters. The topological polar surface area (TPSA) is 61.9 Å². The number of alkyl halides is 2. The Morgan fingerprint density at radius 3 is 2.56 bits per heavy atom. The van der Waals surface area contributed by atoms with Crippen LogP contribution in [0.25, 0.3) is 0 Å². The molecule has 0 aliphatic carbocycles. The van der Waals surface area contributed by atoms with E-state index < -0.39 is 12.0 Å². The fourth-order valence-electron chi connectivity index (χ4n) is 3.31. The van der Waals surface area contributed by atoms with Gasteiger partial charge >= 0.3 is 0 Å². The van der Waals surface area contributed by atoms with Gasteiger partial charge in [-0.3, -0.25) is 14.5 Å². The molecule has 3 rings (SSSR count). The number of ether oxygens (including phenoxy) is 1. The first kappa shape index (κ1) is 19.7. The number of hydrogen-bond acceptors (Lipinski definition) is 4. The van der Waals surface area contributed by atoms with Crippen molar-refractivity contribution >= 4 is 11.8 Å². The summed E-state index contributed by atoms with van der Waals surface area (Å²) in [6.07, 6.45) is -1.32. The quantitative estimate of drug-likeness (QED) is 0.834. The maximum absolute atomic E-state index is 13.3. The van der Waals surface area contributed by atoms with Crippen LogP contribution in [0.3, 0.4) is 0 Å². The number of carbonyl (C=O) groups excluding carboxylic acids is 2. The van der Waals surface area contributed by atoms with E-state index in [2.05, 4.69) is 5.32 Å². The molecule has 0 saturated carbocycles. The number of piperidine rings is 1. The van der Waals surface area contributed by atoms with Gasteiger partial charge in [-0.25, -0.2) is 8.78 Å². The molecular weight excluding hydrogens is 356 g/mol. The second-order valence-corrected chi connectivity index (χ2v) is 7.04. The summed E-state index contributed by atoms with van der Waals surface area (Å²) < 4.78 is 32.1. The lowest BCUT2D eigenvalue weighted by molar-refractivity contribution is -0.155. The van der Waals surface area contributed by atoms with Crippen LogP contribution in [0.2, 0.25) is 0 Å². The van der Waals surface area contributed by atoms with E-state index in [1.54, 1.807) is 0 Å². The van der Waals surface area contributed by atoms with Gasteiger partial charge in [0, 0.05) is 45.6 Å². The Labute approximate surface area is 157 Å². The number of benzene rings is 1. The highest BCUT2D eigenvalue weighted by Crippen LogP contribution is 2.28. The first-order valence-corrected chi connectivity index (χ1v) is 9.24. The molecule has 1 aromatic rings. The van der Waals surface area contributed by atoms with E-state index in [-0.39, 0.29) is 44.3 Å². The molecule has 6 nitrogen and oxygen atoms in total. The van der Waals surface area contributed by atoms with Crippen molar-refractivity contribution in [1.29, 1.82) is 0 Å².